The summed E-state index contributed by atoms with van der Waals surface area (Å²) < 4.78 is 5.45. The molecule has 2 amide bonds. The number of hydrogen-bond acceptors (Lipinski definition) is 2. The van der Waals surface area contributed by atoms with Crippen LogP contribution in [0.1, 0.15) is 26.7 Å². The number of allylic oxidation sites excluding steroid dienone is 1. The van der Waals surface area contributed by atoms with Gasteiger partial charge >= 0.3 is 6.03 Å². The summed E-state index contributed by atoms with van der Waals surface area (Å²) in [6.07, 6.45) is 4.26. The highest BCUT2D eigenvalue weighted by Crippen LogP contribution is 2.35. The van der Waals surface area contributed by atoms with Crippen molar-refractivity contribution in [1.29, 1.82) is 0 Å². The minimum atomic E-state index is -0.243. The van der Waals surface area contributed by atoms with E-state index in [4.69, 9.17) is 4.74 Å². The molecule has 4 heteroatoms. The molecule has 2 N–H and O–H groups in total. The molecule has 0 aromatic heterocycles. The summed E-state index contributed by atoms with van der Waals surface area (Å²) in [5.41, 5.74) is 1.91. The maximum absolute atomic E-state index is 11.8. The van der Waals surface area contributed by atoms with E-state index in [0.717, 1.165) is 0 Å². The van der Waals surface area contributed by atoms with Crippen molar-refractivity contribution in [2.45, 2.75) is 26.7 Å². The van der Waals surface area contributed by atoms with E-state index in [1.54, 1.807) is 6.20 Å². The number of urea groups is 1. The molecule has 1 aromatic carbocycles. The van der Waals surface area contributed by atoms with Crippen LogP contribution < -0.4 is 15.4 Å². The van der Waals surface area contributed by atoms with Crippen molar-refractivity contribution >= 4 is 11.7 Å². The zero-order valence-electron chi connectivity index (χ0n) is 11.4. The normalized spacial score (nSPS) is 14.9. The Morgan fingerprint density at radius 1 is 1.42 bits per heavy atom. The van der Waals surface area contributed by atoms with E-state index in [1.807, 2.05) is 38.1 Å². The topological polar surface area (TPSA) is 50.4 Å². The van der Waals surface area contributed by atoms with E-state index >= 15 is 0 Å². The van der Waals surface area contributed by atoms with Crippen molar-refractivity contribution in [3.63, 3.8) is 0 Å². The number of carbonyl (C=O) groups excluding carboxylic acids is 1. The van der Waals surface area contributed by atoms with Crippen LogP contribution in [-0.2, 0) is 0 Å². The van der Waals surface area contributed by atoms with Crippen LogP contribution in [0.15, 0.2) is 36.0 Å². The molecule has 2 rings (SSSR count). The summed E-state index contributed by atoms with van der Waals surface area (Å²) in [7, 11) is 0. The van der Waals surface area contributed by atoms with Gasteiger partial charge in [-0.3, -0.25) is 0 Å². The van der Waals surface area contributed by atoms with Gasteiger partial charge in [-0.05, 0) is 44.7 Å². The highest BCUT2D eigenvalue weighted by Gasteiger charge is 2.22. The minimum Gasteiger partial charge on any atom is -0.492 e. The van der Waals surface area contributed by atoms with Crippen LogP contribution in [0.5, 0.6) is 5.75 Å². The summed E-state index contributed by atoms with van der Waals surface area (Å²) in [6.45, 7) is 4.53. The molecule has 1 aliphatic rings. The van der Waals surface area contributed by atoms with E-state index in [0.29, 0.717) is 24.0 Å². The van der Waals surface area contributed by atoms with Crippen molar-refractivity contribution < 1.29 is 9.53 Å². The lowest BCUT2D eigenvalue weighted by atomic mass is 10.2. The fourth-order valence-electron chi connectivity index (χ4n) is 1.85. The summed E-state index contributed by atoms with van der Waals surface area (Å²) in [4.78, 5) is 11.8. The fourth-order valence-corrected chi connectivity index (χ4v) is 1.85. The van der Waals surface area contributed by atoms with Crippen molar-refractivity contribution in [2.75, 3.05) is 11.9 Å². The quantitative estimate of drug-likeness (QED) is 0.851. The summed E-state index contributed by atoms with van der Waals surface area (Å²) in [5, 5.41) is 5.54. The molecule has 19 heavy (non-hydrogen) atoms. The van der Waals surface area contributed by atoms with Crippen LogP contribution in [-0.4, -0.2) is 12.6 Å². The van der Waals surface area contributed by atoms with Gasteiger partial charge in [0.25, 0.3) is 0 Å². The Balaban J connectivity index is 1.92. The number of benzene rings is 1. The highest BCUT2D eigenvalue weighted by molar-refractivity contribution is 5.91. The first-order valence-electron chi connectivity index (χ1n) is 6.66. The summed E-state index contributed by atoms with van der Waals surface area (Å²) >= 11 is 0. The van der Waals surface area contributed by atoms with Gasteiger partial charge in [-0.25, -0.2) is 4.79 Å². The fraction of sp³-hybridized carbons (Fsp3) is 0.400. The third-order valence-electron chi connectivity index (χ3n) is 3.09. The molecule has 4 nitrogen and oxygen atoms in total. The van der Waals surface area contributed by atoms with E-state index in [1.165, 1.54) is 18.4 Å². The molecule has 0 heterocycles. The number of hydrogen-bond donors (Lipinski definition) is 2. The van der Waals surface area contributed by atoms with Crippen molar-refractivity contribution in [1.82, 2.24) is 5.32 Å². The van der Waals surface area contributed by atoms with Gasteiger partial charge in [-0.2, -0.15) is 0 Å². The summed E-state index contributed by atoms with van der Waals surface area (Å²) in [5.74, 6) is 1.35. The number of ether oxygens (including phenoxy) is 1. The molecule has 0 atom stereocenters. The third-order valence-corrected chi connectivity index (χ3v) is 3.09. The average molecular weight is 260 g/mol. The number of nitrogens with one attached hydrogen (secondary N) is 2. The molecule has 0 unspecified atom stereocenters. The van der Waals surface area contributed by atoms with Gasteiger partial charge in [0, 0.05) is 6.20 Å². The molecular weight excluding hydrogens is 240 g/mol. The Kier molecular flexibility index (Phi) is 4.44. The molecule has 0 saturated heterocycles. The number of anilines is 1. The summed E-state index contributed by atoms with van der Waals surface area (Å²) in [6, 6.07) is 7.16. The van der Waals surface area contributed by atoms with Crippen LogP contribution in [0, 0.1) is 5.92 Å². The Labute approximate surface area is 113 Å². The lowest BCUT2D eigenvalue weighted by Crippen LogP contribution is -2.24. The number of para-hydroxylation sites is 2. The lowest BCUT2D eigenvalue weighted by molar-refractivity contribution is 0.254. The lowest BCUT2D eigenvalue weighted by Gasteiger charge is -2.11. The second-order valence-corrected chi connectivity index (χ2v) is 4.69. The van der Waals surface area contributed by atoms with Crippen molar-refractivity contribution in [3.05, 3.63) is 36.0 Å². The smallest absolute Gasteiger partial charge is 0.323 e. The Hall–Kier alpha value is -1.97. The standard InChI is InChI=1S/C15H20N2O2/c1-3-19-14-7-5-4-6-13(14)17-15(18)16-10-11(2)12-8-9-12/h4-7,10,12H,3,8-9H2,1-2H3,(H2,16,17,18)/b11-10+. The average Bonchev–Trinajstić information content (AvgIpc) is 3.23. The Morgan fingerprint density at radius 2 is 2.16 bits per heavy atom. The second kappa shape index (κ2) is 6.27. The molecule has 0 spiro atoms. The highest BCUT2D eigenvalue weighted by atomic mass is 16.5. The van der Waals surface area contributed by atoms with Crippen molar-refractivity contribution in [2.24, 2.45) is 5.92 Å². The van der Waals surface area contributed by atoms with E-state index in [2.05, 4.69) is 10.6 Å². The van der Waals surface area contributed by atoms with Gasteiger partial charge in [0.2, 0.25) is 0 Å². The van der Waals surface area contributed by atoms with Gasteiger partial charge < -0.3 is 15.4 Å². The molecule has 102 valence electrons. The van der Waals surface area contributed by atoms with Gasteiger partial charge in [0.1, 0.15) is 5.75 Å². The van der Waals surface area contributed by atoms with Crippen LogP contribution in [0.25, 0.3) is 0 Å². The van der Waals surface area contributed by atoms with E-state index < -0.39 is 0 Å². The molecule has 0 radical (unpaired) electrons. The predicted molar refractivity (Wildman–Crippen MR) is 76.2 cm³/mol. The first-order valence-corrected chi connectivity index (χ1v) is 6.66. The third kappa shape index (κ3) is 4.02. The van der Waals surface area contributed by atoms with Crippen LogP contribution in [0.4, 0.5) is 10.5 Å². The Bertz CT molecular complexity index is 479. The monoisotopic (exact) mass is 260 g/mol. The SMILES string of the molecule is CCOc1ccccc1NC(=O)N/C=C(\C)C1CC1. The maximum Gasteiger partial charge on any atom is 0.323 e. The maximum atomic E-state index is 11.8. The largest absolute Gasteiger partial charge is 0.492 e. The zero-order chi connectivity index (χ0) is 13.7. The van der Waals surface area contributed by atoms with Gasteiger partial charge in [0.15, 0.2) is 0 Å². The van der Waals surface area contributed by atoms with Crippen LogP contribution >= 0.6 is 0 Å². The van der Waals surface area contributed by atoms with Crippen molar-refractivity contribution in [3.8, 4) is 5.75 Å². The molecular formula is C15H20N2O2. The molecule has 1 saturated carbocycles. The number of carbonyl (C=O) groups is 1. The second-order valence-electron chi connectivity index (χ2n) is 4.69. The van der Waals surface area contributed by atoms with E-state index in [-0.39, 0.29) is 6.03 Å². The zero-order valence-corrected chi connectivity index (χ0v) is 11.4. The van der Waals surface area contributed by atoms with Crippen LogP contribution in [0.2, 0.25) is 0 Å². The van der Waals surface area contributed by atoms with Crippen LogP contribution in [0.3, 0.4) is 0 Å². The Morgan fingerprint density at radius 3 is 2.84 bits per heavy atom. The molecule has 0 aliphatic heterocycles. The van der Waals surface area contributed by atoms with Gasteiger partial charge in [-0.15, -0.1) is 0 Å². The van der Waals surface area contributed by atoms with Gasteiger partial charge in [-0.1, -0.05) is 17.7 Å². The molecule has 1 aromatic rings. The van der Waals surface area contributed by atoms with E-state index in [9.17, 15) is 4.79 Å². The number of amides is 2. The molecule has 0 bridgehead atoms. The molecule has 1 aliphatic carbocycles. The van der Waals surface area contributed by atoms with Gasteiger partial charge in [0.05, 0.1) is 12.3 Å². The number of rotatable bonds is 5. The predicted octanol–water partition coefficient (Wildman–Crippen LogP) is 3.52. The first kappa shape index (κ1) is 13.5. The minimum absolute atomic E-state index is 0.243. The first-order chi connectivity index (χ1) is 9.20. The molecule has 1 fully saturated rings.